The van der Waals surface area contributed by atoms with E-state index in [2.05, 4.69) is 73.5 Å². The third-order valence-corrected chi connectivity index (χ3v) is 4.70. The van der Waals surface area contributed by atoms with Crippen molar-refractivity contribution in [3.05, 3.63) is 35.9 Å². The van der Waals surface area contributed by atoms with Crippen molar-refractivity contribution in [2.75, 3.05) is 47.3 Å². The number of likely N-dealkylation sites (tertiary alicyclic amines) is 1. The minimum atomic E-state index is 0.430. The summed E-state index contributed by atoms with van der Waals surface area (Å²) in [6.07, 6.45) is 1.35. The van der Waals surface area contributed by atoms with Crippen LogP contribution in [0.4, 0.5) is 0 Å². The van der Waals surface area contributed by atoms with Crippen molar-refractivity contribution in [3.8, 4) is 0 Å². The number of benzene rings is 1. The molecule has 0 amide bonds. The van der Waals surface area contributed by atoms with Crippen molar-refractivity contribution < 1.29 is 0 Å². The fraction of sp³-hybridized carbons (Fsp3) is 0.667. The molecule has 2 rings (SSSR count). The highest BCUT2D eigenvalue weighted by Gasteiger charge is 2.23. The molecule has 1 aromatic carbocycles. The molecule has 1 heterocycles. The average Bonchev–Trinajstić information content (AvgIpc) is 2.85. The lowest BCUT2D eigenvalue weighted by Crippen LogP contribution is -2.35. The van der Waals surface area contributed by atoms with Gasteiger partial charge in [-0.05, 0) is 51.5 Å². The molecule has 118 valence electrons. The van der Waals surface area contributed by atoms with Crippen LogP contribution < -0.4 is 5.32 Å². The number of nitrogens with zero attached hydrogens (tertiary/aromatic N) is 2. The summed E-state index contributed by atoms with van der Waals surface area (Å²) in [6.45, 7) is 7.23. The van der Waals surface area contributed by atoms with Crippen LogP contribution in [0.5, 0.6) is 0 Å². The summed E-state index contributed by atoms with van der Waals surface area (Å²) in [4.78, 5) is 4.96. The molecule has 0 aliphatic carbocycles. The molecule has 1 saturated heterocycles. The predicted octanol–water partition coefficient (Wildman–Crippen LogP) is 2.47. The van der Waals surface area contributed by atoms with E-state index in [1.807, 2.05) is 0 Å². The highest BCUT2D eigenvalue weighted by molar-refractivity contribution is 5.19. The van der Waals surface area contributed by atoms with E-state index in [0.29, 0.717) is 12.0 Å². The Hall–Kier alpha value is -0.900. The Morgan fingerprint density at radius 1 is 1.33 bits per heavy atom. The first kappa shape index (κ1) is 16.5. The summed E-state index contributed by atoms with van der Waals surface area (Å²) in [7, 11) is 6.57. The van der Waals surface area contributed by atoms with Crippen molar-refractivity contribution in [1.29, 1.82) is 0 Å². The Morgan fingerprint density at radius 2 is 2.05 bits per heavy atom. The zero-order valence-corrected chi connectivity index (χ0v) is 14.0. The van der Waals surface area contributed by atoms with Gasteiger partial charge in [0, 0.05) is 25.7 Å². The second-order valence-corrected chi connectivity index (χ2v) is 6.79. The Bertz CT molecular complexity index is 406. The molecule has 3 unspecified atom stereocenters. The summed E-state index contributed by atoms with van der Waals surface area (Å²) < 4.78 is 0. The summed E-state index contributed by atoms with van der Waals surface area (Å²) in [6, 6.07) is 11.2. The molecule has 0 bridgehead atoms. The van der Waals surface area contributed by atoms with E-state index >= 15 is 0 Å². The standard InChI is InChI=1S/C18H31N3/c1-15(18(19-2)17-8-6-5-7-9-17)12-21(4)14-16-10-11-20(3)13-16/h5-9,15-16,18-19H,10-14H2,1-4H3. The Labute approximate surface area is 130 Å². The van der Waals surface area contributed by atoms with Gasteiger partial charge in [-0.25, -0.2) is 0 Å². The van der Waals surface area contributed by atoms with Crippen molar-refractivity contribution in [2.24, 2.45) is 11.8 Å². The molecule has 0 radical (unpaired) electrons. The summed E-state index contributed by atoms with van der Waals surface area (Å²) in [5.41, 5.74) is 1.39. The van der Waals surface area contributed by atoms with Gasteiger partial charge in [-0.15, -0.1) is 0 Å². The van der Waals surface area contributed by atoms with E-state index in [4.69, 9.17) is 0 Å². The fourth-order valence-corrected chi connectivity index (χ4v) is 3.73. The molecule has 1 aromatic rings. The summed E-state index contributed by atoms with van der Waals surface area (Å²) in [5.74, 6) is 1.44. The first-order valence-corrected chi connectivity index (χ1v) is 8.19. The van der Waals surface area contributed by atoms with Gasteiger partial charge in [0.05, 0.1) is 0 Å². The molecule has 1 aliphatic rings. The molecular formula is C18H31N3. The van der Waals surface area contributed by atoms with E-state index in [0.717, 1.165) is 12.5 Å². The third kappa shape index (κ3) is 4.80. The monoisotopic (exact) mass is 289 g/mol. The van der Waals surface area contributed by atoms with Crippen molar-refractivity contribution in [1.82, 2.24) is 15.1 Å². The molecule has 3 nitrogen and oxygen atoms in total. The lowest BCUT2D eigenvalue weighted by atomic mass is 9.94. The van der Waals surface area contributed by atoms with Gasteiger partial charge in [-0.2, -0.15) is 0 Å². The van der Waals surface area contributed by atoms with Crippen LogP contribution in [-0.4, -0.2) is 57.1 Å². The van der Waals surface area contributed by atoms with Gasteiger partial charge >= 0.3 is 0 Å². The molecule has 3 heteroatoms. The van der Waals surface area contributed by atoms with Crippen LogP contribution >= 0.6 is 0 Å². The Morgan fingerprint density at radius 3 is 2.62 bits per heavy atom. The first-order chi connectivity index (χ1) is 10.1. The van der Waals surface area contributed by atoms with Gasteiger partial charge in [-0.3, -0.25) is 0 Å². The fourth-order valence-electron chi connectivity index (χ4n) is 3.73. The van der Waals surface area contributed by atoms with E-state index < -0.39 is 0 Å². The first-order valence-electron chi connectivity index (χ1n) is 8.19. The van der Waals surface area contributed by atoms with Crippen molar-refractivity contribution in [3.63, 3.8) is 0 Å². The topological polar surface area (TPSA) is 18.5 Å². The predicted molar refractivity (Wildman–Crippen MR) is 90.5 cm³/mol. The molecule has 0 saturated carbocycles. The highest BCUT2D eigenvalue weighted by Crippen LogP contribution is 2.23. The van der Waals surface area contributed by atoms with Crippen LogP contribution in [0.25, 0.3) is 0 Å². The van der Waals surface area contributed by atoms with E-state index in [-0.39, 0.29) is 0 Å². The van der Waals surface area contributed by atoms with Crippen molar-refractivity contribution in [2.45, 2.75) is 19.4 Å². The van der Waals surface area contributed by atoms with Gasteiger partial charge in [0.2, 0.25) is 0 Å². The molecule has 3 atom stereocenters. The molecule has 1 N–H and O–H groups in total. The molecular weight excluding hydrogens is 258 g/mol. The maximum absolute atomic E-state index is 3.49. The number of hydrogen-bond acceptors (Lipinski definition) is 3. The Kier molecular flexibility index (Phi) is 6.22. The van der Waals surface area contributed by atoms with Gasteiger partial charge in [-0.1, -0.05) is 37.3 Å². The third-order valence-electron chi connectivity index (χ3n) is 4.70. The lowest BCUT2D eigenvalue weighted by molar-refractivity contribution is 0.221. The minimum Gasteiger partial charge on any atom is -0.313 e. The van der Waals surface area contributed by atoms with Gasteiger partial charge in [0.1, 0.15) is 0 Å². The maximum atomic E-state index is 3.49. The average molecular weight is 289 g/mol. The summed E-state index contributed by atoms with van der Waals surface area (Å²) in [5, 5.41) is 3.49. The van der Waals surface area contributed by atoms with Gasteiger partial charge in [0.25, 0.3) is 0 Å². The van der Waals surface area contributed by atoms with Crippen molar-refractivity contribution >= 4 is 0 Å². The van der Waals surface area contributed by atoms with Crippen LogP contribution in [0.1, 0.15) is 24.9 Å². The van der Waals surface area contributed by atoms with Crippen LogP contribution in [0.2, 0.25) is 0 Å². The second kappa shape index (κ2) is 7.92. The van der Waals surface area contributed by atoms with Gasteiger partial charge in [0.15, 0.2) is 0 Å². The van der Waals surface area contributed by atoms with Crippen LogP contribution in [0, 0.1) is 11.8 Å². The molecule has 1 fully saturated rings. The van der Waals surface area contributed by atoms with E-state index in [1.54, 1.807) is 0 Å². The maximum Gasteiger partial charge on any atom is 0.0355 e. The van der Waals surface area contributed by atoms with Crippen LogP contribution in [-0.2, 0) is 0 Å². The molecule has 0 spiro atoms. The largest absolute Gasteiger partial charge is 0.313 e. The molecule has 21 heavy (non-hydrogen) atoms. The Balaban J connectivity index is 1.85. The van der Waals surface area contributed by atoms with Crippen LogP contribution in [0.15, 0.2) is 30.3 Å². The molecule has 0 aromatic heterocycles. The number of nitrogens with one attached hydrogen (secondary N) is 1. The van der Waals surface area contributed by atoms with Gasteiger partial charge < -0.3 is 15.1 Å². The second-order valence-electron chi connectivity index (χ2n) is 6.79. The minimum absolute atomic E-state index is 0.430. The van der Waals surface area contributed by atoms with Crippen LogP contribution in [0.3, 0.4) is 0 Å². The number of rotatable bonds is 7. The highest BCUT2D eigenvalue weighted by atomic mass is 15.2. The van der Waals surface area contributed by atoms with E-state index in [1.165, 1.54) is 31.6 Å². The van der Waals surface area contributed by atoms with E-state index in [9.17, 15) is 0 Å². The lowest BCUT2D eigenvalue weighted by Gasteiger charge is -2.29. The zero-order valence-electron chi connectivity index (χ0n) is 14.0. The normalized spacial score (nSPS) is 22.6. The SMILES string of the molecule is CNC(c1ccccc1)C(C)CN(C)CC1CCN(C)C1. The summed E-state index contributed by atoms with van der Waals surface area (Å²) >= 11 is 0. The zero-order chi connectivity index (χ0) is 15.2. The number of hydrogen-bond donors (Lipinski definition) is 1. The quantitative estimate of drug-likeness (QED) is 0.832. The molecule has 1 aliphatic heterocycles. The smallest absolute Gasteiger partial charge is 0.0355 e.